The Hall–Kier alpha value is -1.07. The van der Waals surface area contributed by atoms with Gasteiger partial charge in [-0.25, -0.2) is 0 Å². The first-order chi connectivity index (χ1) is 9.58. The molecule has 1 atom stereocenters. The molecule has 0 bridgehead atoms. The summed E-state index contributed by atoms with van der Waals surface area (Å²) in [4.78, 5) is 1.77. The number of alkyl halides is 3. The predicted octanol–water partition coefficient (Wildman–Crippen LogP) is 4.00. The number of halogens is 3. The minimum Gasteiger partial charge on any atom is -0.310 e. The quantitative estimate of drug-likeness (QED) is 0.854. The normalized spacial score (nSPS) is 14.5. The van der Waals surface area contributed by atoms with Gasteiger partial charge in [-0.1, -0.05) is 30.3 Å². The summed E-state index contributed by atoms with van der Waals surface area (Å²) in [6.45, 7) is 6.75. The van der Waals surface area contributed by atoms with E-state index in [0.717, 1.165) is 5.56 Å². The highest BCUT2D eigenvalue weighted by molar-refractivity contribution is 5.19. The van der Waals surface area contributed by atoms with Crippen LogP contribution in [0.4, 0.5) is 13.2 Å². The second kappa shape index (κ2) is 7.27. The van der Waals surface area contributed by atoms with Crippen LogP contribution in [0.3, 0.4) is 0 Å². The van der Waals surface area contributed by atoms with E-state index in [0.29, 0.717) is 6.54 Å². The zero-order valence-electron chi connectivity index (χ0n) is 13.2. The van der Waals surface area contributed by atoms with Gasteiger partial charge in [0.15, 0.2) is 0 Å². The summed E-state index contributed by atoms with van der Waals surface area (Å²) in [5, 5.41) is 3.38. The summed E-state index contributed by atoms with van der Waals surface area (Å²) in [7, 11) is 1.74. The van der Waals surface area contributed by atoms with Crippen LogP contribution in [0.25, 0.3) is 0 Å². The molecule has 1 N–H and O–H groups in total. The lowest BCUT2D eigenvalue weighted by Crippen LogP contribution is -2.43. The molecule has 0 heterocycles. The van der Waals surface area contributed by atoms with Crippen LogP contribution >= 0.6 is 0 Å². The van der Waals surface area contributed by atoms with Crippen molar-refractivity contribution in [1.29, 1.82) is 0 Å². The van der Waals surface area contributed by atoms with Crippen LogP contribution in [0, 0.1) is 0 Å². The Morgan fingerprint density at radius 2 is 1.67 bits per heavy atom. The lowest BCUT2D eigenvalue weighted by molar-refractivity contribution is -0.138. The number of likely N-dealkylation sites (N-methyl/N-ethyl adjacent to an activating group) is 1. The molecular formula is C16H25F3N2. The third-order valence-electron chi connectivity index (χ3n) is 3.29. The van der Waals surface area contributed by atoms with Gasteiger partial charge in [0, 0.05) is 24.7 Å². The fourth-order valence-corrected chi connectivity index (χ4v) is 2.07. The first-order valence-electron chi connectivity index (χ1n) is 7.15. The van der Waals surface area contributed by atoms with E-state index in [4.69, 9.17) is 0 Å². The molecule has 0 amide bonds. The predicted molar refractivity (Wildman–Crippen MR) is 80.2 cm³/mol. The SMILES string of the molecule is CN(CCC(F)(F)F)C(CNC(C)(C)C)c1ccccc1. The number of nitrogens with one attached hydrogen (secondary N) is 1. The molecule has 0 saturated heterocycles. The van der Waals surface area contributed by atoms with Gasteiger partial charge in [0.05, 0.1) is 6.42 Å². The van der Waals surface area contributed by atoms with E-state index in [1.54, 1.807) is 11.9 Å². The van der Waals surface area contributed by atoms with Crippen LogP contribution in [0.5, 0.6) is 0 Å². The highest BCUT2D eigenvalue weighted by Gasteiger charge is 2.29. The Morgan fingerprint density at radius 3 is 2.14 bits per heavy atom. The molecule has 1 rings (SSSR count). The Labute approximate surface area is 125 Å². The van der Waals surface area contributed by atoms with Crippen molar-refractivity contribution in [2.24, 2.45) is 0 Å². The molecule has 1 unspecified atom stereocenters. The Morgan fingerprint density at radius 1 is 1.10 bits per heavy atom. The van der Waals surface area contributed by atoms with E-state index in [2.05, 4.69) is 5.32 Å². The van der Waals surface area contributed by atoms with Crippen molar-refractivity contribution in [3.63, 3.8) is 0 Å². The molecule has 5 heteroatoms. The number of rotatable bonds is 6. The molecule has 1 aromatic rings. The number of benzene rings is 1. The van der Waals surface area contributed by atoms with Crippen LogP contribution in [0.1, 0.15) is 38.8 Å². The molecule has 0 fully saturated rings. The third kappa shape index (κ3) is 7.48. The van der Waals surface area contributed by atoms with Gasteiger partial charge in [0.2, 0.25) is 0 Å². The van der Waals surface area contributed by atoms with Gasteiger partial charge in [-0.3, -0.25) is 4.90 Å². The van der Waals surface area contributed by atoms with Gasteiger partial charge >= 0.3 is 6.18 Å². The lowest BCUT2D eigenvalue weighted by Gasteiger charge is -2.32. The van der Waals surface area contributed by atoms with E-state index < -0.39 is 12.6 Å². The maximum Gasteiger partial charge on any atom is 0.390 e. The first kappa shape index (κ1) is 18.0. The number of hydrogen-bond acceptors (Lipinski definition) is 2. The summed E-state index contributed by atoms with van der Waals surface area (Å²) in [5.41, 5.74) is 0.955. The minimum atomic E-state index is -4.12. The van der Waals surface area contributed by atoms with E-state index in [1.807, 2.05) is 51.1 Å². The monoisotopic (exact) mass is 302 g/mol. The Balaban J connectivity index is 2.76. The van der Waals surface area contributed by atoms with Gasteiger partial charge in [-0.05, 0) is 33.4 Å². The van der Waals surface area contributed by atoms with E-state index in [9.17, 15) is 13.2 Å². The first-order valence-corrected chi connectivity index (χ1v) is 7.15. The molecular weight excluding hydrogens is 277 g/mol. The molecule has 0 aliphatic carbocycles. The summed E-state index contributed by atoms with van der Waals surface area (Å²) in [6, 6.07) is 9.58. The molecule has 2 nitrogen and oxygen atoms in total. The standard InChI is InChI=1S/C16H25F3N2/c1-15(2,3)20-12-14(13-8-6-5-7-9-13)21(4)11-10-16(17,18)19/h5-9,14,20H,10-12H2,1-4H3. The maximum absolute atomic E-state index is 12.4. The average Bonchev–Trinajstić information content (AvgIpc) is 2.35. The molecule has 0 aliphatic rings. The topological polar surface area (TPSA) is 15.3 Å². The summed E-state index contributed by atoms with van der Waals surface area (Å²) < 4.78 is 37.2. The Kier molecular flexibility index (Phi) is 6.23. The van der Waals surface area contributed by atoms with Crippen molar-refractivity contribution in [3.05, 3.63) is 35.9 Å². The lowest BCUT2D eigenvalue weighted by atomic mass is 10.0. The summed E-state index contributed by atoms with van der Waals surface area (Å²) >= 11 is 0. The highest BCUT2D eigenvalue weighted by atomic mass is 19.4. The van der Waals surface area contributed by atoms with Crippen LogP contribution in [0.2, 0.25) is 0 Å². The van der Waals surface area contributed by atoms with Gasteiger partial charge in [-0.15, -0.1) is 0 Å². The van der Waals surface area contributed by atoms with Crippen molar-refractivity contribution >= 4 is 0 Å². The van der Waals surface area contributed by atoms with Crippen LogP contribution < -0.4 is 5.32 Å². The zero-order chi connectivity index (χ0) is 16.1. The van der Waals surface area contributed by atoms with E-state index >= 15 is 0 Å². The smallest absolute Gasteiger partial charge is 0.310 e. The molecule has 1 aromatic carbocycles. The van der Waals surface area contributed by atoms with Crippen LogP contribution in [-0.4, -0.2) is 36.8 Å². The largest absolute Gasteiger partial charge is 0.390 e. The van der Waals surface area contributed by atoms with E-state index in [1.165, 1.54) is 0 Å². The van der Waals surface area contributed by atoms with E-state index in [-0.39, 0.29) is 18.1 Å². The van der Waals surface area contributed by atoms with Gasteiger partial charge in [-0.2, -0.15) is 13.2 Å². The second-order valence-electron chi connectivity index (χ2n) is 6.40. The van der Waals surface area contributed by atoms with Crippen molar-refractivity contribution in [3.8, 4) is 0 Å². The van der Waals surface area contributed by atoms with Crippen molar-refractivity contribution in [2.45, 2.75) is 44.9 Å². The van der Waals surface area contributed by atoms with Crippen molar-refractivity contribution in [1.82, 2.24) is 10.2 Å². The molecule has 0 spiro atoms. The molecule has 120 valence electrons. The van der Waals surface area contributed by atoms with Crippen molar-refractivity contribution in [2.75, 3.05) is 20.1 Å². The molecule has 21 heavy (non-hydrogen) atoms. The van der Waals surface area contributed by atoms with Crippen LogP contribution in [0.15, 0.2) is 30.3 Å². The number of hydrogen-bond donors (Lipinski definition) is 1. The zero-order valence-corrected chi connectivity index (χ0v) is 13.2. The fourth-order valence-electron chi connectivity index (χ4n) is 2.07. The van der Waals surface area contributed by atoms with Gasteiger partial charge < -0.3 is 5.32 Å². The third-order valence-corrected chi connectivity index (χ3v) is 3.29. The summed E-state index contributed by atoms with van der Waals surface area (Å²) in [5.74, 6) is 0. The highest BCUT2D eigenvalue weighted by Crippen LogP contribution is 2.24. The fraction of sp³-hybridized carbons (Fsp3) is 0.625. The van der Waals surface area contributed by atoms with Gasteiger partial charge in [0.25, 0.3) is 0 Å². The maximum atomic E-state index is 12.4. The summed E-state index contributed by atoms with van der Waals surface area (Å²) in [6.07, 6.45) is -4.91. The van der Waals surface area contributed by atoms with Gasteiger partial charge in [0.1, 0.15) is 0 Å². The molecule has 0 radical (unpaired) electrons. The Bertz CT molecular complexity index is 410. The molecule has 0 aromatic heterocycles. The van der Waals surface area contributed by atoms with Crippen molar-refractivity contribution < 1.29 is 13.2 Å². The van der Waals surface area contributed by atoms with Crippen LogP contribution in [-0.2, 0) is 0 Å². The minimum absolute atomic E-state index is 0.00508. The second-order valence-corrected chi connectivity index (χ2v) is 6.40. The molecule has 0 aliphatic heterocycles. The molecule has 0 saturated carbocycles. The number of nitrogens with zero attached hydrogens (tertiary/aromatic N) is 1. The average molecular weight is 302 g/mol.